The van der Waals surface area contributed by atoms with Gasteiger partial charge < -0.3 is 10.2 Å². The molecule has 0 saturated heterocycles. The van der Waals surface area contributed by atoms with Crippen molar-refractivity contribution < 1.29 is 10.2 Å². The summed E-state index contributed by atoms with van der Waals surface area (Å²) in [6.45, 7) is -0.320. The molecule has 0 amide bonds. The molecule has 0 spiro atoms. The topological polar surface area (TPSA) is 69.9 Å². The molecule has 4 nitrogen and oxygen atoms in total. The highest BCUT2D eigenvalue weighted by molar-refractivity contribution is 5.96. The average Bonchev–Trinajstić information content (AvgIpc) is 2.28. The number of aliphatic hydroxyl groups excluding tert-OH is 1. The number of aromatic hydroxyl groups is 1. The van der Waals surface area contributed by atoms with Crippen LogP contribution < -0.4 is 0 Å². The summed E-state index contributed by atoms with van der Waals surface area (Å²) in [4.78, 5) is 10.6. The van der Waals surface area contributed by atoms with Crippen molar-refractivity contribution in [2.75, 3.05) is 0 Å². The fourth-order valence-corrected chi connectivity index (χ4v) is 1.59. The summed E-state index contributed by atoms with van der Waals surface area (Å²) in [5, 5.41) is 22.8. The van der Waals surface area contributed by atoms with Gasteiger partial charge in [0.1, 0.15) is 0 Å². The highest BCUT2D eigenvalue weighted by Gasteiger charge is 2.12. The molecule has 0 unspecified atom stereocenters. The lowest BCUT2D eigenvalue weighted by Crippen LogP contribution is -1.86. The van der Waals surface area contributed by atoms with Crippen molar-refractivity contribution in [1.29, 1.82) is 0 Å². The minimum absolute atomic E-state index is 0.0165. The van der Waals surface area contributed by atoms with Crippen LogP contribution >= 0.6 is 0 Å². The van der Waals surface area contributed by atoms with E-state index in [2.05, 4.69) is 5.18 Å². The van der Waals surface area contributed by atoms with E-state index in [9.17, 15) is 10.0 Å². The first-order valence-corrected chi connectivity index (χ1v) is 4.45. The van der Waals surface area contributed by atoms with E-state index in [-0.39, 0.29) is 18.0 Å². The summed E-state index contributed by atoms with van der Waals surface area (Å²) in [6, 6.07) is 8.71. The van der Waals surface area contributed by atoms with Crippen LogP contribution in [0.2, 0.25) is 0 Å². The highest BCUT2D eigenvalue weighted by atomic mass is 16.3. The fourth-order valence-electron chi connectivity index (χ4n) is 1.59. The lowest BCUT2D eigenvalue weighted by molar-refractivity contribution is 0.276. The summed E-state index contributed by atoms with van der Waals surface area (Å²) < 4.78 is 0. The normalized spacial score (nSPS) is 10.5. The van der Waals surface area contributed by atoms with E-state index in [0.717, 1.165) is 5.39 Å². The Morgan fingerprint density at radius 2 is 2.00 bits per heavy atom. The SMILES string of the molecule is O=Nc1c(O)c(CO)cc2ccccc12. The minimum atomic E-state index is -0.320. The number of hydrogen-bond donors (Lipinski definition) is 2. The van der Waals surface area contributed by atoms with E-state index in [1.54, 1.807) is 24.3 Å². The van der Waals surface area contributed by atoms with Crippen LogP contribution in [0.5, 0.6) is 5.75 Å². The zero-order valence-electron chi connectivity index (χ0n) is 7.84. The van der Waals surface area contributed by atoms with Gasteiger partial charge in [0, 0.05) is 10.9 Å². The van der Waals surface area contributed by atoms with Gasteiger partial charge in [-0.15, -0.1) is 4.91 Å². The average molecular weight is 203 g/mol. The predicted octanol–water partition coefficient (Wildman–Crippen LogP) is 2.44. The second-order valence-electron chi connectivity index (χ2n) is 3.20. The Morgan fingerprint density at radius 3 is 2.67 bits per heavy atom. The zero-order valence-corrected chi connectivity index (χ0v) is 7.84. The van der Waals surface area contributed by atoms with Gasteiger partial charge in [0.05, 0.1) is 6.61 Å². The van der Waals surface area contributed by atoms with Crippen molar-refractivity contribution in [3.05, 3.63) is 40.8 Å². The van der Waals surface area contributed by atoms with Gasteiger partial charge in [-0.3, -0.25) is 0 Å². The summed E-state index contributed by atoms with van der Waals surface area (Å²) >= 11 is 0. The Bertz CT molecular complexity index is 522. The lowest BCUT2D eigenvalue weighted by Gasteiger charge is -2.06. The zero-order chi connectivity index (χ0) is 10.8. The molecule has 76 valence electrons. The van der Waals surface area contributed by atoms with Crippen LogP contribution in [-0.4, -0.2) is 10.2 Å². The molecule has 0 aliphatic carbocycles. The Kier molecular flexibility index (Phi) is 2.35. The Balaban J connectivity index is 2.89. The lowest BCUT2D eigenvalue weighted by atomic mass is 10.0. The van der Waals surface area contributed by atoms with Crippen LogP contribution in [-0.2, 0) is 6.61 Å². The van der Waals surface area contributed by atoms with Crippen molar-refractivity contribution in [3.63, 3.8) is 0 Å². The third-order valence-corrected chi connectivity index (χ3v) is 2.34. The molecule has 0 aliphatic heterocycles. The fraction of sp³-hybridized carbons (Fsp3) is 0.0909. The number of hydrogen-bond acceptors (Lipinski definition) is 4. The van der Waals surface area contributed by atoms with E-state index in [1.165, 1.54) is 0 Å². The number of rotatable bonds is 2. The molecule has 2 rings (SSSR count). The number of fused-ring (bicyclic) bond motifs is 1. The van der Waals surface area contributed by atoms with Crippen LogP contribution in [0.25, 0.3) is 10.8 Å². The quantitative estimate of drug-likeness (QED) is 0.736. The Morgan fingerprint density at radius 1 is 1.27 bits per heavy atom. The van der Waals surface area contributed by atoms with E-state index in [1.807, 2.05) is 6.07 Å². The molecular formula is C11H9NO3. The second-order valence-corrected chi connectivity index (χ2v) is 3.20. The summed E-state index contributed by atoms with van der Waals surface area (Å²) in [6.07, 6.45) is 0. The standard InChI is InChI=1S/C11H9NO3/c13-6-8-5-7-3-1-2-4-9(7)10(12-15)11(8)14/h1-5,13-14H,6H2. The number of phenols is 1. The number of nitrogens with zero attached hydrogens (tertiary/aromatic N) is 1. The van der Waals surface area contributed by atoms with Crippen LogP contribution in [0, 0.1) is 4.91 Å². The Labute approximate surface area is 85.8 Å². The molecule has 0 aromatic heterocycles. The molecule has 0 radical (unpaired) electrons. The monoisotopic (exact) mass is 203 g/mol. The van der Waals surface area contributed by atoms with Crippen molar-refractivity contribution in [2.24, 2.45) is 5.18 Å². The van der Waals surface area contributed by atoms with Gasteiger partial charge >= 0.3 is 0 Å². The summed E-state index contributed by atoms with van der Waals surface area (Å²) in [7, 11) is 0. The maximum atomic E-state index is 10.6. The van der Waals surface area contributed by atoms with Gasteiger partial charge in [0.25, 0.3) is 0 Å². The van der Waals surface area contributed by atoms with Crippen LogP contribution in [0.4, 0.5) is 5.69 Å². The summed E-state index contributed by atoms with van der Waals surface area (Å²) in [5.41, 5.74) is 0.292. The third kappa shape index (κ3) is 1.45. The highest BCUT2D eigenvalue weighted by Crippen LogP contribution is 2.37. The number of nitroso groups, excluding NO2 is 1. The van der Waals surface area contributed by atoms with Gasteiger partial charge in [0.15, 0.2) is 11.4 Å². The predicted molar refractivity (Wildman–Crippen MR) is 57.0 cm³/mol. The van der Waals surface area contributed by atoms with Crippen molar-refractivity contribution in [3.8, 4) is 5.75 Å². The molecule has 0 bridgehead atoms. The minimum Gasteiger partial charge on any atom is -0.505 e. The first-order valence-electron chi connectivity index (χ1n) is 4.45. The maximum Gasteiger partial charge on any atom is 0.157 e. The summed E-state index contributed by atoms with van der Waals surface area (Å²) in [5.74, 6) is -0.244. The first kappa shape index (κ1) is 9.61. The van der Waals surface area contributed by atoms with Gasteiger partial charge in [-0.05, 0) is 16.6 Å². The van der Waals surface area contributed by atoms with E-state index >= 15 is 0 Å². The smallest absolute Gasteiger partial charge is 0.157 e. The molecule has 15 heavy (non-hydrogen) atoms. The van der Waals surface area contributed by atoms with Crippen LogP contribution in [0.3, 0.4) is 0 Å². The molecule has 0 atom stereocenters. The van der Waals surface area contributed by atoms with Gasteiger partial charge in [-0.2, -0.15) is 0 Å². The van der Waals surface area contributed by atoms with Gasteiger partial charge in [0.2, 0.25) is 0 Å². The van der Waals surface area contributed by atoms with Gasteiger partial charge in [-0.1, -0.05) is 24.3 Å². The van der Waals surface area contributed by atoms with Crippen molar-refractivity contribution in [2.45, 2.75) is 6.61 Å². The molecule has 2 aromatic rings. The van der Waals surface area contributed by atoms with E-state index < -0.39 is 0 Å². The van der Waals surface area contributed by atoms with Crippen molar-refractivity contribution >= 4 is 16.5 Å². The molecule has 0 fully saturated rings. The van der Waals surface area contributed by atoms with E-state index in [4.69, 9.17) is 5.11 Å². The third-order valence-electron chi connectivity index (χ3n) is 2.34. The Hall–Kier alpha value is -1.94. The second kappa shape index (κ2) is 3.67. The molecule has 0 heterocycles. The molecular weight excluding hydrogens is 194 g/mol. The maximum absolute atomic E-state index is 10.6. The van der Waals surface area contributed by atoms with Crippen molar-refractivity contribution in [1.82, 2.24) is 0 Å². The molecule has 0 saturated carbocycles. The molecule has 0 aliphatic rings. The van der Waals surface area contributed by atoms with E-state index in [0.29, 0.717) is 10.9 Å². The first-order chi connectivity index (χ1) is 7.27. The molecule has 2 N–H and O–H groups in total. The largest absolute Gasteiger partial charge is 0.505 e. The van der Waals surface area contributed by atoms with Crippen LogP contribution in [0.1, 0.15) is 5.56 Å². The number of benzene rings is 2. The number of aliphatic hydroxyl groups is 1. The van der Waals surface area contributed by atoms with Gasteiger partial charge in [-0.25, -0.2) is 0 Å². The molecule has 4 heteroatoms. The molecule has 2 aromatic carbocycles. The van der Waals surface area contributed by atoms with Crippen LogP contribution in [0.15, 0.2) is 35.5 Å².